The van der Waals surface area contributed by atoms with Crippen LogP contribution in [0.4, 0.5) is 5.69 Å². The summed E-state index contributed by atoms with van der Waals surface area (Å²) in [4.78, 5) is 11.0. The Morgan fingerprint density at radius 2 is 2.00 bits per heavy atom. The van der Waals surface area contributed by atoms with Crippen LogP contribution in [0.2, 0.25) is 0 Å². The molecule has 3 aromatic rings. The standard InChI is InChI=1S/C21H21N3OS/c1-12-13(2)17-18(22)19(26-21(17)24-14(12)3)20-23-11-16(25-20)10-15-8-6-4-5-7-9-15/h4-8,11H,9-10,22H2,1-3H3. The molecule has 5 heteroatoms. The Morgan fingerprint density at radius 3 is 2.85 bits per heavy atom. The Bertz CT molecular complexity index is 1080. The maximum atomic E-state index is 6.45. The van der Waals surface area contributed by atoms with Crippen molar-refractivity contribution in [2.24, 2.45) is 0 Å². The van der Waals surface area contributed by atoms with Crippen LogP contribution in [0, 0.1) is 20.8 Å². The Morgan fingerprint density at radius 1 is 1.15 bits per heavy atom. The smallest absolute Gasteiger partial charge is 0.238 e. The van der Waals surface area contributed by atoms with Gasteiger partial charge in [0, 0.05) is 17.5 Å². The van der Waals surface area contributed by atoms with Crippen LogP contribution in [0.1, 0.15) is 29.0 Å². The zero-order valence-corrected chi connectivity index (χ0v) is 16.0. The SMILES string of the molecule is Cc1nc2sc(-c3ncc(CC4=CC=CC=CC4)o3)c(N)c2c(C)c1C. The maximum absolute atomic E-state index is 6.45. The highest BCUT2D eigenvalue weighted by Gasteiger charge is 2.20. The molecule has 0 radical (unpaired) electrons. The molecule has 1 aliphatic rings. The Hall–Kier alpha value is -2.66. The molecule has 0 bridgehead atoms. The third-order valence-electron chi connectivity index (χ3n) is 4.90. The lowest BCUT2D eigenvalue weighted by Crippen LogP contribution is -1.93. The van der Waals surface area contributed by atoms with Gasteiger partial charge in [-0.25, -0.2) is 9.97 Å². The van der Waals surface area contributed by atoms with Crippen LogP contribution in [0.3, 0.4) is 0 Å². The maximum Gasteiger partial charge on any atom is 0.238 e. The van der Waals surface area contributed by atoms with Gasteiger partial charge >= 0.3 is 0 Å². The van der Waals surface area contributed by atoms with Gasteiger partial charge in [-0.3, -0.25) is 0 Å². The van der Waals surface area contributed by atoms with Gasteiger partial charge in [-0.2, -0.15) is 0 Å². The number of nitrogens with two attached hydrogens (primary N) is 1. The number of aromatic nitrogens is 2. The number of nitrogen functional groups attached to an aromatic ring is 1. The molecule has 0 spiro atoms. The zero-order valence-electron chi connectivity index (χ0n) is 15.2. The van der Waals surface area contributed by atoms with Crippen molar-refractivity contribution in [2.75, 3.05) is 5.73 Å². The topological polar surface area (TPSA) is 64.9 Å². The van der Waals surface area contributed by atoms with Gasteiger partial charge in [-0.1, -0.05) is 36.0 Å². The van der Waals surface area contributed by atoms with E-state index in [0.29, 0.717) is 11.6 Å². The molecular formula is C21H21N3OS. The second-order valence-corrected chi connectivity index (χ2v) is 7.62. The Labute approximate surface area is 156 Å². The summed E-state index contributed by atoms with van der Waals surface area (Å²) in [5.41, 5.74) is 11.9. The molecular weight excluding hydrogens is 342 g/mol. The van der Waals surface area contributed by atoms with Gasteiger partial charge in [0.1, 0.15) is 15.5 Å². The van der Waals surface area contributed by atoms with Crippen molar-refractivity contribution in [2.45, 2.75) is 33.6 Å². The lowest BCUT2D eigenvalue weighted by molar-refractivity contribution is 0.528. The minimum Gasteiger partial charge on any atom is -0.440 e. The van der Waals surface area contributed by atoms with Crippen molar-refractivity contribution >= 4 is 27.2 Å². The summed E-state index contributed by atoms with van der Waals surface area (Å²) in [6.07, 6.45) is 13.9. The van der Waals surface area contributed by atoms with Crippen LogP contribution in [0.15, 0.2) is 46.6 Å². The van der Waals surface area contributed by atoms with Crippen molar-refractivity contribution in [1.82, 2.24) is 9.97 Å². The predicted octanol–water partition coefficient (Wildman–Crippen LogP) is 5.44. The number of hydrogen-bond acceptors (Lipinski definition) is 5. The van der Waals surface area contributed by atoms with Crippen LogP contribution < -0.4 is 5.73 Å². The predicted molar refractivity (Wildman–Crippen MR) is 108 cm³/mol. The van der Waals surface area contributed by atoms with Gasteiger partial charge < -0.3 is 10.2 Å². The number of anilines is 1. The van der Waals surface area contributed by atoms with Crippen molar-refractivity contribution in [3.8, 4) is 10.8 Å². The van der Waals surface area contributed by atoms with Gasteiger partial charge in [-0.05, 0) is 38.3 Å². The number of aryl methyl sites for hydroxylation is 2. The molecule has 0 saturated carbocycles. The van der Waals surface area contributed by atoms with Crippen molar-refractivity contribution in [3.05, 3.63) is 64.7 Å². The largest absolute Gasteiger partial charge is 0.440 e. The summed E-state index contributed by atoms with van der Waals surface area (Å²) in [5, 5.41) is 1.02. The van der Waals surface area contributed by atoms with Crippen molar-refractivity contribution < 1.29 is 4.42 Å². The normalized spacial score (nSPS) is 14.0. The molecule has 0 amide bonds. The van der Waals surface area contributed by atoms with E-state index in [-0.39, 0.29) is 0 Å². The van der Waals surface area contributed by atoms with E-state index in [4.69, 9.17) is 15.1 Å². The quantitative estimate of drug-likeness (QED) is 0.672. The van der Waals surface area contributed by atoms with E-state index in [9.17, 15) is 0 Å². The molecule has 1 aliphatic carbocycles. The second kappa shape index (κ2) is 6.57. The number of rotatable bonds is 3. The first-order chi connectivity index (χ1) is 12.5. The fourth-order valence-electron chi connectivity index (χ4n) is 3.20. The highest BCUT2D eigenvalue weighted by Crippen LogP contribution is 2.42. The lowest BCUT2D eigenvalue weighted by Gasteiger charge is -2.05. The zero-order chi connectivity index (χ0) is 18.3. The molecule has 0 saturated heterocycles. The molecule has 0 fully saturated rings. The molecule has 132 valence electrons. The Kier molecular flexibility index (Phi) is 4.24. The van der Waals surface area contributed by atoms with Gasteiger partial charge in [0.05, 0.1) is 11.9 Å². The van der Waals surface area contributed by atoms with Gasteiger partial charge in [0.25, 0.3) is 0 Å². The van der Waals surface area contributed by atoms with E-state index in [1.165, 1.54) is 16.7 Å². The monoisotopic (exact) mass is 363 g/mol. The van der Waals surface area contributed by atoms with Gasteiger partial charge in [0.15, 0.2) is 0 Å². The molecule has 4 nitrogen and oxygen atoms in total. The lowest BCUT2D eigenvalue weighted by atomic mass is 10.1. The average Bonchev–Trinajstić information content (AvgIpc) is 3.09. The first-order valence-electron chi connectivity index (χ1n) is 8.66. The highest BCUT2D eigenvalue weighted by molar-refractivity contribution is 7.22. The first kappa shape index (κ1) is 16.8. The summed E-state index contributed by atoms with van der Waals surface area (Å²) in [7, 11) is 0. The van der Waals surface area contributed by atoms with Gasteiger partial charge in [0.2, 0.25) is 5.89 Å². The van der Waals surface area contributed by atoms with Crippen LogP contribution >= 0.6 is 11.3 Å². The average molecular weight is 363 g/mol. The molecule has 0 aromatic carbocycles. The van der Waals surface area contributed by atoms with E-state index < -0.39 is 0 Å². The number of nitrogens with zero attached hydrogens (tertiary/aromatic N) is 2. The van der Waals surface area contributed by atoms with Crippen LogP contribution in [-0.4, -0.2) is 9.97 Å². The molecule has 3 heterocycles. The van der Waals surface area contributed by atoms with E-state index in [0.717, 1.165) is 39.4 Å². The highest BCUT2D eigenvalue weighted by atomic mass is 32.1. The van der Waals surface area contributed by atoms with Crippen LogP contribution in [0.25, 0.3) is 21.0 Å². The first-order valence-corrected chi connectivity index (χ1v) is 9.48. The summed E-state index contributed by atoms with van der Waals surface area (Å²) < 4.78 is 6.03. The van der Waals surface area contributed by atoms with E-state index in [1.807, 2.05) is 13.0 Å². The minimum atomic E-state index is 0.579. The number of allylic oxidation sites excluding steroid dienone is 6. The third kappa shape index (κ3) is 2.88. The number of thiophene rings is 1. The van der Waals surface area contributed by atoms with Crippen molar-refractivity contribution in [1.29, 1.82) is 0 Å². The van der Waals surface area contributed by atoms with E-state index in [1.54, 1.807) is 17.5 Å². The molecule has 4 rings (SSSR count). The summed E-state index contributed by atoms with van der Waals surface area (Å²) >= 11 is 1.55. The number of hydrogen-bond donors (Lipinski definition) is 1. The fourth-order valence-corrected chi connectivity index (χ4v) is 4.33. The van der Waals surface area contributed by atoms with Crippen LogP contribution in [-0.2, 0) is 6.42 Å². The number of pyridine rings is 1. The Balaban J connectivity index is 1.71. The molecule has 0 unspecified atom stereocenters. The summed E-state index contributed by atoms with van der Waals surface area (Å²) in [6.45, 7) is 6.21. The fraction of sp³-hybridized carbons (Fsp3) is 0.238. The van der Waals surface area contributed by atoms with E-state index >= 15 is 0 Å². The molecule has 2 N–H and O–H groups in total. The molecule has 0 aliphatic heterocycles. The molecule has 26 heavy (non-hydrogen) atoms. The molecule has 3 aromatic heterocycles. The van der Waals surface area contributed by atoms with Crippen LogP contribution in [0.5, 0.6) is 0 Å². The second-order valence-electron chi connectivity index (χ2n) is 6.62. The molecule has 0 atom stereocenters. The number of fused-ring (bicyclic) bond motifs is 1. The number of oxazole rings is 1. The third-order valence-corrected chi connectivity index (χ3v) is 5.98. The summed E-state index contributed by atoms with van der Waals surface area (Å²) in [5.74, 6) is 1.43. The minimum absolute atomic E-state index is 0.579. The van der Waals surface area contributed by atoms with Crippen molar-refractivity contribution in [3.63, 3.8) is 0 Å². The van der Waals surface area contributed by atoms with Gasteiger partial charge in [-0.15, -0.1) is 11.3 Å². The summed E-state index contributed by atoms with van der Waals surface area (Å²) in [6, 6.07) is 0. The van der Waals surface area contributed by atoms with E-state index in [2.05, 4.69) is 43.1 Å².